The van der Waals surface area contributed by atoms with Gasteiger partial charge in [0.15, 0.2) is 0 Å². The van der Waals surface area contributed by atoms with Gasteiger partial charge in [-0.05, 0) is 31.2 Å². The summed E-state index contributed by atoms with van der Waals surface area (Å²) in [6.07, 6.45) is 0. The minimum atomic E-state index is -0.494. The van der Waals surface area contributed by atoms with E-state index in [0.717, 1.165) is 11.4 Å². The van der Waals surface area contributed by atoms with Crippen LogP contribution in [0.2, 0.25) is 0 Å². The molecule has 1 saturated heterocycles. The van der Waals surface area contributed by atoms with Gasteiger partial charge >= 0.3 is 6.03 Å². The van der Waals surface area contributed by atoms with Crippen LogP contribution in [0, 0.1) is 0 Å². The SMILES string of the molecule is CCOc1ccc(N(C(N)=O)N2CCOCC2)cc1. The molecule has 1 aromatic rings. The van der Waals surface area contributed by atoms with Crippen LogP contribution in [0.5, 0.6) is 5.75 Å². The lowest BCUT2D eigenvalue weighted by Gasteiger charge is -2.36. The molecular weight excluding hydrogens is 246 g/mol. The maximum Gasteiger partial charge on any atom is 0.334 e. The molecule has 0 bridgehead atoms. The van der Waals surface area contributed by atoms with Gasteiger partial charge in [-0.25, -0.2) is 14.8 Å². The number of hydrogen-bond acceptors (Lipinski definition) is 4. The van der Waals surface area contributed by atoms with Crippen LogP contribution >= 0.6 is 0 Å². The summed E-state index contributed by atoms with van der Waals surface area (Å²) in [6, 6.07) is 6.81. The number of rotatable bonds is 4. The Labute approximate surface area is 112 Å². The molecule has 1 aliphatic heterocycles. The first-order valence-electron chi connectivity index (χ1n) is 6.37. The molecular formula is C13H19N3O3. The first-order valence-corrected chi connectivity index (χ1v) is 6.37. The van der Waals surface area contributed by atoms with Gasteiger partial charge in [0.05, 0.1) is 25.5 Å². The van der Waals surface area contributed by atoms with Gasteiger partial charge in [-0.2, -0.15) is 0 Å². The van der Waals surface area contributed by atoms with E-state index in [1.54, 1.807) is 0 Å². The fraction of sp³-hybridized carbons (Fsp3) is 0.462. The molecule has 0 radical (unpaired) electrons. The summed E-state index contributed by atoms with van der Waals surface area (Å²) < 4.78 is 10.7. The van der Waals surface area contributed by atoms with E-state index in [0.29, 0.717) is 32.9 Å². The Bertz CT molecular complexity index is 416. The second kappa shape index (κ2) is 6.40. The molecule has 6 nitrogen and oxygen atoms in total. The van der Waals surface area contributed by atoms with Gasteiger partial charge in [-0.15, -0.1) is 0 Å². The predicted octanol–water partition coefficient (Wildman–Crippen LogP) is 1.22. The lowest BCUT2D eigenvalue weighted by Crippen LogP contribution is -2.53. The van der Waals surface area contributed by atoms with Crippen molar-refractivity contribution in [1.29, 1.82) is 0 Å². The Morgan fingerprint density at radius 2 is 2.00 bits per heavy atom. The van der Waals surface area contributed by atoms with Gasteiger partial charge < -0.3 is 15.2 Å². The van der Waals surface area contributed by atoms with Crippen molar-refractivity contribution in [2.45, 2.75) is 6.92 Å². The molecule has 0 aromatic heterocycles. The van der Waals surface area contributed by atoms with Crippen molar-refractivity contribution in [2.24, 2.45) is 5.73 Å². The minimum absolute atomic E-state index is 0.494. The molecule has 2 N–H and O–H groups in total. The van der Waals surface area contributed by atoms with E-state index in [9.17, 15) is 4.79 Å². The van der Waals surface area contributed by atoms with Gasteiger partial charge in [0.25, 0.3) is 0 Å². The first-order chi connectivity index (χ1) is 9.22. The number of benzene rings is 1. The third-order valence-corrected chi connectivity index (χ3v) is 2.87. The summed E-state index contributed by atoms with van der Waals surface area (Å²) in [5.74, 6) is 0.776. The highest BCUT2D eigenvalue weighted by atomic mass is 16.5. The van der Waals surface area contributed by atoms with Crippen molar-refractivity contribution >= 4 is 11.7 Å². The number of carbonyl (C=O) groups excluding carboxylic acids is 1. The Balaban J connectivity index is 2.15. The number of nitrogens with zero attached hydrogens (tertiary/aromatic N) is 2. The van der Waals surface area contributed by atoms with E-state index in [-0.39, 0.29) is 0 Å². The molecule has 0 unspecified atom stereocenters. The van der Waals surface area contributed by atoms with Crippen molar-refractivity contribution in [3.8, 4) is 5.75 Å². The highest BCUT2D eigenvalue weighted by molar-refractivity contribution is 5.89. The molecule has 0 spiro atoms. The predicted molar refractivity (Wildman–Crippen MR) is 72.1 cm³/mol. The average molecular weight is 265 g/mol. The maximum atomic E-state index is 11.6. The van der Waals surface area contributed by atoms with Crippen LogP contribution in [0.3, 0.4) is 0 Å². The van der Waals surface area contributed by atoms with Gasteiger partial charge in [0.2, 0.25) is 0 Å². The fourth-order valence-electron chi connectivity index (χ4n) is 2.03. The number of nitrogens with two attached hydrogens (primary N) is 1. The summed E-state index contributed by atoms with van der Waals surface area (Å²) in [7, 11) is 0. The first kappa shape index (κ1) is 13.6. The van der Waals surface area contributed by atoms with Crippen LogP contribution in [-0.2, 0) is 4.74 Å². The molecule has 0 atom stereocenters. The number of primary amides is 1. The molecule has 6 heteroatoms. The van der Waals surface area contributed by atoms with Crippen molar-refractivity contribution in [1.82, 2.24) is 5.01 Å². The lowest BCUT2D eigenvalue weighted by molar-refractivity contribution is 0.0364. The zero-order valence-corrected chi connectivity index (χ0v) is 11.0. The van der Waals surface area contributed by atoms with Crippen molar-refractivity contribution in [2.75, 3.05) is 37.9 Å². The maximum absolute atomic E-state index is 11.6. The molecule has 1 heterocycles. The van der Waals surface area contributed by atoms with E-state index < -0.39 is 6.03 Å². The topological polar surface area (TPSA) is 68.0 Å². The highest BCUT2D eigenvalue weighted by Gasteiger charge is 2.23. The van der Waals surface area contributed by atoms with Crippen LogP contribution in [0.15, 0.2) is 24.3 Å². The standard InChI is InChI=1S/C13H19N3O3/c1-2-19-12-5-3-11(4-6-12)16(13(14)17)15-7-9-18-10-8-15/h3-6H,2,7-10H2,1H3,(H2,14,17). The van der Waals surface area contributed by atoms with Crippen LogP contribution in [0.4, 0.5) is 10.5 Å². The largest absolute Gasteiger partial charge is 0.494 e. The number of urea groups is 1. The van der Waals surface area contributed by atoms with E-state index >= 15 is 0 Å². The lowest BCUT2D eigenvalue weighted by atomic mass is 10.3. The highest BCUT2D eigenvalue weighted by Crippen LogP contribution is 2.21. The summed E-state index contributed by atoms with van der Waals surface area (Å²) in [6.45, 7) is 5.04. The van der Waals surface area contributed by atoms with Crippen molar-refractivity contribution in [3.63, 3.8) is 0 Å². The Morgan fingerprint density at radius 3 is 2.53 bits per heavy atom. The van der Waals surface area contributed by atoms with Gasteiger partial charge in [-0.1, -0.05) is 0 Å². The molecule has 0 aliphatic carbocycles. The molecule has 2 rings (SSSR count). The van der Waals surface area contributed by atoms with Gasteiger partial charge in [0.1, 0.15) is 5.75 Å². The van der Waals surface area contributed by atoms with Crippen molar-refractivity contribution < 1.29 is 14.3 Å². The Kier molecular flexibility index (Phi) is 4.59. The molecule has 1 fully saturated rings. The third-order valence-electron chi connectivity index (χ3n) is 2.87. The van der Waals surface area contributed by atoms with Crippen LogP contribution in [0.1, 0.15) is 6.92 Å². The minimum Gasteiger partial charge on any atom is -0.494 e. The smallest absolute Gasteiger partial charge is 0.334 e. The Hall–Kier alpha value is -1.79. The summed E-state index contributed by atoms with van der Waals surface area (Å²) in [4.78, 5) is 11.6. The van der Waals surface area contributed by atoms with Crippen LogP contribution < -0.4 is 15.5 Å². The monoisotopic (exact) mass is 265 g/mol. The number of carbonyl (C=O) groups is 1. The molecule has 2 amide bonds. The van der Waals surface area contributed by atoms with Crippen molar-refractivity contribution in [3.05, 3.63) is 24.3 Å². The molecule has 1 aliphatic rings. The molecule has 0 saturated carbocycles. The molecule has 1 aromatic carbocycles. The number of hydrazine groups is 1. The zero-order chi connectivity index (χ0) is 13.7. The molecule has 19 heavy (non-hydrogen) atoms. The number of ether oxygens (including phenoxy) is 2. The number of hydrogen-bond donors (Lipinski definition) is 1. The third kappa shape index (κ3) is 3.36. The number of morpholine rings is 1. The van der Waals surface area contributed by atoms with Gasteiger partial charge in [0, 0.05) is 13.1 Å². The average Bonchev–Trinajstić information content (AvgIpc) is 2.42. The summed E-state index contributed by atoms with van der Waals surface area (Å²) in [5.41, 5.74) is 6.20. The van der Waals surface area contributed by atoms with E-state index in [2.05, 4.69) is 0 Å². The quantitative estimate of drug-likeness (QED) is 0.888. The van der Waals surface area contributed by atoms with E-state index in [4.69, 9.17) is 15.2 Å². The zero-order valence-electron chi connectivity index (χ0n) is 11.0. The van der Waals surface area contributed by atoms with Gasteiger partial charge in [-0.3, -0.25) is 0 Å². The van der Waals surface area contributed by atoms with Crippen LogP contribution in [-0.4, -0.2) is 44.0 Å². The van der Waals surface area contributed by atoms with E-state index in [1.165, 1.54) is 5.01 Å². The summed E-state index contributed by atoms with van der Waals surface area (Å²) >= 11 is 0. The van der Waals surface area contributed by atoms with Crippen LogP contribution in [0.25, 0.3) is 0 Å². The second-order valence-electron chi connectivity index (χ2n) is 4.14. The fourth-order valence-corrected chi connectivity index (χ4v) is 2.03. The number of anilines is 1. The summed E-state index contributed by atoms with van der Waals surface area (Å²) in [5, 5.41) is 3.37. The number of amides is 2. The second-order valence-corrected chi connectivity index (χ2v) is 4.14. The molecule has 104 valence electrons. The normalized spacial score (nSPS) is 16.1. The Morgan fingerprint density at radius 1 is 1.37 bits per heavy atom. The van der Waals surface area contributed by atoms with E-state index in [1.807, 2.05) is 36.2 Å².